The van der Waals surface area contributed by atoms with E-state index in [2.05, 4.69) is 12.2 Å². The minimum atomic E-state index is -4.32. The molecule has 1 heterocycles. The van der Waals surface area contributed by atoms with E-state index in [0.29, 0.717) is 30.3 Å². The normalized spacial score (nSPS) is 22.9. The molecule has 1 N–H and O–H groups in total. The average Bonchev–Trinajstić information content (AvgIpc) is 2.74. The molecule has 1 aliphatic rings. The standard InChI is InChI=1S/C16H23F3N2/c1-4-20-9-13-5-6-15(14(8-13)16(17,18)19)21-10-11(2)7-12(21)3/h5-6,8,11-12,20H,4,7,9-10H2,1-3H3. The fraction of sp³-hybridized carbons (Fsp3) is 0.625. The molecule has 0 spiro atoms. The predicted molar refractivity (Wildman–Crippen MR) is 79.4 cm³/mol. The van der Waals surface area contributed by atoms with Crippen molar-refractivity contribution in [2.45, 2.75) is 46.0 Å². The number of nitrogens with zero attached hydrogens (tertiary/aromatic N) is 1. The van der Waals surface area contributed by atoms with Crippen molar-refractivity contribution in [2.75, 3.05) is 18.0 Å². The van der Waals surface area contributed by atoms with Crippen molar-refractivity contribution in [3.05, 3.63) is 29.3 Å². The molecule has 2 unspecified atom stereocenters. The first-order chi connectivity index (χ1) is 9.82. The van der Waals surface area contributed by atoms with E-state index in [1.807, 2.05) is 18.7 Å². The molecule has 5 heteroatoms. The van der Waals surface area contributed by atoms with Crippen LogP contribution < -0.4 is 10.2 Å². The number of halogens is 3. The lowest BCUT2D eigenvalue weighted by Crippen LogP contribution is -2.29. The molecule has 1 aromatic carbocycles. The fourth-order valence-electron chi connectivity index (χ4n) is 3.08. The van der Waals surface area contributed by atoms with Gasteiger partial charge in [0.15, 0.2) is 0 Å². The van der Waals surface area contributed by atoms with Crippen LogP contribution in [-0.2, 0) is 12.7 Å². The summed E-state index contributed by atoms with van der Waals surface area (Å²) >= 11 is 0. The zero-order valence-electron chi connectivity index (χ0n) is 12.8. The molecule has 0 amide bonds. The van der Waals surface area contributed by atoms with Crippen molar-refractivity contribution < 1.29 is 13.2 Å². The molecule has 0 aromatic heterocycles. The maximum atomic E-state index is 13.4. The number of hydrogen-bond acceptors (Lipinski definition) is 2. The highest BCUT2D eigenvalue weighted by molar-refractivity contribution is 5.58. The molecule has 2 atom stereocenters. The van der Waals surface area contributed by atoms with Crippen molar-refractivity contribution in [1.29, 1.82) is 0 Å². The van der Waals surface area contributed by atoms with Gasteiger partial charge in [-0.15, -0.1) is 0 Å². The van der Waals surface area contributed by atoms with E-state index in [1.54, 1.807) is 12.1 Å². The molecule has 0 radical (unpaired) electrons. The van der Waals surface area contributed by atoms with E-state index in [4.69, 9.17) is 0 Å². The van der Waals surface area contributed by atoms with Crippen LogP contribution in [0.15, 0.2) is 18.2 Å². The lowest BCUT2D eigenvalue weighted by molar-refractivity contribution is -0.137. The van der Waals surface area contributed by atoms with E-state index in [-0.39, 0.29) is 6.04 Å². The maximum Gasteiger partial charge on any atom is 0.418 e. The number of alkyl halides is 3. The summed E-state index contributed by atoms with van der Waals surface area (Å²) in [4.78, 5) is 1.89. The van der Waals surface area contributed by atoms with Gasteiger partial charge in [0, 0.05) is 24.8 Å². The van der Waals surface area contributed by atoms with Crippen LogP contribution in [0.25, 0.3) is 0 Å². The number of hydrogen-bond donors (Lipinski definition) is 1. The summed E-state index contributed by atoms with van der Waals surface area (Å²) in [6, 6.07) is 4.86. The monoisotopic (exact) mass is 300 g/mol. The van der Waals surface area contributed by atoms with E-state index >= 15 is 0 Å². The third-order valence-electron chi connectivity index (χ3n) is 4.04. The number of anilines is 1. The van der Waals surface area contributed by atoms with Gasteiger partial charge in [0.25, 0.3) is 0 Å². The van der Waals surface area contributed by atoms with Gasteiger partial charge in [0.05, 0.1) is 5.56 Å². The van der Waals surface area contributed by atoms with Crippen molar-refractivity contribution in [3.8, 4) is 0 Å². The molecule has 1 aromatic rings. The van der Waals surface area contributed by atoms with Gasteiger partial charge in [-0.05, 0) is 43.5 Å². The summed E-state index contributed by atoms with van der Waals surface area (Å²) in [5.41, 5.74) is 0.478. The number of nitrogens with one attached hydrogen (secondary N) is 1. The summed E-state index contributed by atoms with van der Waals surface area (Å²) in [5, 5.41) is 3.07. The lowest BCUT2D eigenvalue weighted by Gasteiger charge is -2.27. The van der Waals surface area contributed by atoms with Crippen LogP contribution in [0, 0.1) is 5.92 Å². The summed E-state index contributed by atoms with van der Waals surface area (Å²) < 4.78 is 40.1. The minimum absolute atomic E-state index is 0.153. The van der Waals surface area contributed by atoms with Crippen LogP contribution in [0.2, 0.25) is 0 Å². The lowest BCUT2D eigenvalue weighted by atomic mass is 10.1. The Hall–Kier alpha value is -1.23. The Bertz CT molecular complexity index is 485. The second-order valence-corrected chi connectivity index (χ2v) is 5.97. The minimum Gasteiger partial charge on any atom is -0.368 e. The zero-order valence-corrected chi connectivity index (χ0v) is 12.8. The van der Waals surface area contributed by atoms with Crippen LogP contribution in [0.5, 0.6) is 0 Å². The van der Waals surface area contributed by atoms with Crippen LogP contribution in [0.1, 0.15) is 38.3 Å². The SMILES string of the molecule is CCNCc1ccc(N2CC(C)CC2C)c(C(F)(F)F)c1. The van der Waals surface area contributed by atoms with Gasteiger partial charge in [0.2, 0.25) is 0 Å². The Morgan fingerprint density at radius 1 is 1.29 bits per heavy atom. The van der Waals surface area contributed by atoms with Crippen molar-refractivity contribution >= 4 is 5.69 Å². The summed E-state index contributed by atoms with van der Waals surface area (Å²) in [6.45, 7) is 7.91. The van der Waals surface area contributed by atoms with E-state index in [9.17, 15) is 13.2 Å². The quantitative estimate of drug-likeness (QED) is 0.902. The van der Waals surface area contributed by atoms with Crippen molar-refractivity contribution in [2.24, 2.45) is 5.92 Å². The Labute approximate surface area is 124 Å². The van der Waals surface area contributed by atoms with Crippen LogP contribution in [-0.4, -0.2) is 19.1 Å². The Morgan fingerprint density at radius 3 is 2.52 bits per heavy atom. The summed E-state index contributed by atoms with van der Waals surface area (Å²) in [6.07, 6.45) is -3.38. The molecular weight excluding hydrogens is 277 g/mol. The first-order valence-corrected chi connectivity index (χ1v) is 7.50. The highest BCUT2D eigenvalue weighted by Crippen LogP contribution is 2.40. The van der Waals surface area contributed by atoms with Gasteiger partial charge < -0.3 is 10.2 Å². The second kappa shape index (κ2) is 6.26. The molecule has 1 aliphatic heterocycles. The van der Waals surface area contributed by atoms with E-state index in [1.165, 1.54) is 6.07 Å². The third-order valence-corrected chi connectivity index (χ3v) is 4.04. The molecule has 1 fully saturated rings. The van der Waals surface area contributed by atoms with Gasteiger partial charge in [-0.25, -0.2) is 0 Å². The Kier molecular flexibility index (Phi) is 4.81. The summed E-state index contributed by atoms with van der Waals surface area (Å²) in [7, 11) is 0. The largest absolute Gasteiger partial charge is 0.418 e. The first-order valence-electron chi connectivity index (χ1n) is 7.50. The van der Waals surface area contributed by atoms with Gasteiger partial charge in [-0.1, -0.05) is 19.9 Å². The molecule has 118 valence electrons. The van der Waals surface area contributed by atoms with Gasteiger partial charge >= 0.3 is 6.18 Å². The van der Waals surface area contributed by atoms with Crippen molar-refractivity contribution in [3.63, 3.8) is 0 Å². The second-order valence-electron chi connectivity index (χ2n) is 5.97. The van der Waals surface area contributed by atoms with Crippen LogP contribution in [0.4, 0.5) is 18.9 Å². The van der Waals surface area contributed by atoms with E-state index in [0.717, 1.165) is 13.0 Å². The van der Waals surface area contributed by atoms with Gasteiger partial charge in [0.1, 0.15) is 0 Å². The smallest absolute Gasteiger partial charge is 0.368 e. The molecule has 0 aliphatic carbocycles. The van der Waals surface area contributed by atoms with Gasteiger partial charge in [-0.2, -0.15) is 13.2 Å². The molecule has 2 nitrogen and oxygen atoms in total. The van der Waals surface area contributed by atoms with Crippen molar-refractivity contribution in [1.82, 2.24) is 5.32 Å². The topological polar surface area (TPSA) is 15.3 Å². The fourth-order valence-corrected chi connectivity index (χ4v) is 3.08. The van der Waals surface area contributed by atoms with Gasteiger partial charge in [-0.3, -0.25) is 0 Å². The molecule has 21 heavy (non-hydrogen) atoms. The molecule has 2 rings (SSSR count). The van der Waals surface area contributed by atoms with Crippen LogP contribution >= 0.6 is 0 Å². The maximum absolute atomic E-state index is 13.4. The van der Waals surface area contributed by atoms with Crippen LogP contribution in [0.3, 0.4) is 0 Å². The molecule has 0 bridgehead atoms. The Morgan fingerprint density at radius 2 is 2.00 bits per heavy atom. The molecule has 1 saturated heterocycles. The van der Waals surface area contributed by atoms with E-state index < -0.39 is 11.7 Å². The predicted octanol–water partition coefficient (Wildman–Crippen LogP) is 4.05. The average molecular weight is 300 g/mol. The molecular formula is C16H23F3N2. The highest BCUT2D eigenvalue weighted by Gasteiger charge is 2.37. The zero-order chi connectivity index (χ0) is 15.6. The number of benzene rings is 1. The highest BCUT2D eigenvalue weighted by atomic mass is 19.4. The Balaban J connectivity index is 2.36. The number of rotatable bonds is 4. The third kappa shape index (κ3) is 3.70. The summed E-state index contributed by atoms with van der Waals surface area (Å²) in [5.74, 6) is 0.433. The molecule has 0 saturated carbocycles. The first kappa shape index (κ1) is 16.1.